The van der Waals surface area contributed by atoms with Crippen molar-refractivity contribution >= 4 is 27.3 Å². The highest BCUT2D eigenvalue weighted by Gasteiger charge is 2.16. The molecule has 1 amide bonds. The Kier molecular flexibility index (Phi) is 6.49. The summed E-state index contributed by atoms with van der Waals surface area (Å²) in [6.07, 6.45) is 0.686. The summed E-state index contributed by atoms with van der Waals surface area (Å²) in [4.78, 5) is 12.7. The summed E-state index contributed by atoms with van der Waals surface area (Å²) in [5.74, 6) is -0.379. The Morgan fingerprint density at radius 2 is 1.57 bits per heavy atom. The maximum atomic E-state index is 12.5. The minimum atomic E-state index is -3.45. The van der Waals surface area contributed by atoms with Gasteiger partial charge in [0, 0.05) is 17.1 Å². The van der Waals surface area contributed by atoms with E-state index in [1.807, 2.05) is 24.3 Å². The van der Waals surface area contributed by atoms with Gasteiger partial charge in [-0.15, -0.1) is 0 Å². The second kappa shape index (κ2) is 9.04. The van der Waals surface area contributed by atoms with Crippen LogP contribution in [0.4, 0.5) is 0 Å². The lowest BCUT2D eigenvalue weighted by atomic mass is 10.1. The molecule has 4 nitrogen and oxygen atoms in total. The molecule has 0 saturated heterocycles. The number of amides is 1. The summed E-state index contributed by atoms with van der Waals surface area (Å²) < 4.78 is 25.1. The maximum Gasteiger partial charge on any atom is 0.251 e. The van der Waals surface area contributed by atoms with Crippen molar-refractivity contribution in [2.45, 2.75) is 17.1 Å². The topological polar surface area (TPSA) is 63.2 Å². The standard InChI is InChI=1S/C22H20ClNO3S/c23-20-11-9-17(10-12-20)13-14-24-22(25)19-6-4-5-18(15-19)16-28(26,27)21-7-2-1-3-8-21/h1-12,15H,13-14,16H2,(H,24,25). The molecule has 0 unspecified atom stereocenters. The summed E-state index contributed by atoms with van der Waals surface area (Å²) in [6.45, 7) is 0.479. The van der Waals surface area contributed by atoms with Crippen molar-refractivity contribution in [1.82, 2.24) is 5.32 Å². The molecule has 3 rings (SSSR count). The number of hydrogen-bond acceptors (Lipinski definition) is 3. The van der Waals surface area contributed by atoms with Crippen molar-refractivity contribution in [3.05, 3.63) is 101 Å². The molecule has 28 heavy (non-hydrogen) atoms. The van der Waals surface area contributed by atoms with Crippen molar-refractivity contribution in [2.24, 2.45) is 0 Å². The number of benzene rings is 3. The first-order valence-electron chi connectivity index (χ1n) is 8.83. The molecule has 0 saturated carbocycles. The predicted molar refractivity (Wildman–Crippen MR) is 111 cm³/mol. The van der Waals surface area contributed by atoms with E-state index < -0.39 is 9.84 Å². The quantitative estimate of drug-likeness (QED) is 0.628. The molecule has 3 aromatic carbocycles. The second-order valence-corrected chi connectivity index (χ2v) is 8.83. The van der Waals surface area contributed by atoms with E-state index in [0.29, 0.717) is 29.1 Å². The third kappa shape index (κ3) is 5.44. The van der Waals surface area contributed by atoms with Crippen molar-refractivity contribution in [1.29, 1.82) is 0 Å². The van der Waals surface area contributed by atoms with Gasteiger partial charge in [-0.2, -0.15) is 0 Å². The van der Waals surface area contributed by atoms with E-state index in [4.69, 9.17) is 11.6 Å². The van der Waals surface area contributed by atoms with Crippen LogP contribution in [0, 0.1) is 0 Å². The van der Waals surface area contributed by atoms with E-state index >= 15 is 0 Å². The summed E-state index contributed by atoms with van der Waals surface area (Å²) in [5, 5.41) is 3.54. The van der Waals surface area contributed by atoms with Crippen LogP contribution in [0.25, 0.3) is 0 Å². The summed E-state index contributed by atoms with van der Waals surface area (Å²) in [7, 11) is -3.45. The lowest BCUT2D eigenvalue weighted by Gasteiger charge is -2.08. The van der Waals surface area contributed by atoms with Gasteiger partial charge < -0.3 is 5.32 Å². The zero-order chi connectivity index (χ0) is 20.0. The molecule has 1 N–H and O–H groups in total. The highest BCUT2D eigenvalue weighted by Crippen LogP contribution is 2.17. The van der Waals surface area contributed by atoms with Gasteiger partial charge in [0.2, 0.25) is 0 Å². The molecule has 0 aromatic heterocycles. The maximum absolute atomic E-state index is 12.5. The fourth-order valence-electron chi connectivity index (χ4n) is 2.81. The number of nitrogens with one attached hydrogen (secondary N) is 1. The van der Waals surface area contributed by atoms with Crippen LogP contribution in [0.1, 0.15) is 21.5 Å². The molecule has 0 aliphatic carbocycles. The summed E-state index contributed by atoms with van der Waals surface area (Å²) >= 11 is 5.86. The molecule has 0 fully saturated rings. The Labute approximate surface area is 170 Å². The zero-order valence-electron chi connectivity index (χ0n) is 15.1. The molecule has 0 bridgehead atoms. The summed E-state index contributed by atoms with van der Waals surface area (Å²) in [6, 6.07) is 22.5. The molecule has 0 radical (unpaired) electrons. The van der Waals surface area contributed by atoms with E-state index in [-0.39, 0.29) is 16.6 Å². The van der Waals surface area contributed by atoms with Gasteiger partial charge >= 0.3 is 0 Å². The zero-order valence-corrected chi connectivity index (χ0v) is 16.7. The Morgan fingerprint density at radius 1 is 0.857 bits per heavy atom. The van der Waals surface area contributed by atoms with Crippen LogP contribution in [0.3, 0.4) is 0 Å². The predicted octanol–water partition coefficient (Wildman–Crippen LogP) is 4.29. The molecule has 0 aliphatic heterocycles. The Balaban J connectivity index is 1.62. The first kappa shape index (κ1) is 20.1. The van der Waals surface area contributed by atoms with Crippen molar-refractivity contribution in [2.75, 3.05) is 6.54 Å². The van der Waals surface area contributed by atoms with Crippen LogP contribution < -0.4 is 5.32 Å². The van der Waals surface area contributed by atoms with E-state index in [2.05, 4.69) is 5.32 Å². The number of halogens is 1. The van der Waals surface area contributed by atoms with Gasteiger partial charge in [-0.1, -0.05) is 54.1 Å². The van der Waals surface area contributed by atoms with E-state index in [1.54, 1.807) is 54.6 Å². The SMILES string of the molecule is O=C(NCCc1ccc(Cl)cc1)c1cccc(CS(=O)(=O)c2ccccc2)c1. The van der Waals surface area contributed by atoms with E-state index in [1.165, 1.54) is 0 Å². The molecule has 0 heterocycles. The normalized spacial score (nSPS) is 11.2. The van der Waals surface area contributed by atoms with Gasteiger partial charge in [-0.25, -0.2) is 8.42 Å². The molecule has 144 valence electrons. The average Bonchev–Trinajstić information content (AvgIpc) is 2.70. The Morgan fingerprint density at radius 3 is 2.29 bits per heavy atom. The summed E-state index contributed by atoms with van der Waals surface area (Å²) in [5.41, 5.74) is 2.10. The van der Waals surface area contributed by atoms with Gasteiger partial charge in [0.25, 0.3) is 5.91 Å². The highest BCUT2D eigenvalue weighted by atomic mass is 35.5. The van der Waals surface area contributed by atoms with Crippen LogP contribution in [0.5, 0.6) is 0 Å². The minimum absolute atomic E-state index is 0.150. The van der Waals surface area contributed by atoms with Gasteiger partial charge in [-0.05, 0) is 53.9 Å². The van der Waals surface area contributed by atoms with Gasteiger partial charge in [0.05, 0.1) is 10.6 Å². The van der Waals surface area contributed by atoms with Gasteiger partial charge in [0.15, 0.2) is 9.84 Å². The number of carbonyl (C=O) groups excluding carboxylic acids is 1. The molecule has 0 atom stereocenters. The molecular weight excluding hydrogens is 394 g/mol. The first-order valence-corrected chi connectivity index (χ1v) is 10.9. The lowest BCUT2D eigenvalue weighted by molar-refractivity contribution is 0.0954. The Hall–Kier alpha value is -2.63. The molecule has 3 aromatic rings. The fraction of sp³-hybridized carbons (Fsp3) is 0.136. The van der Waals surface area contributed by atoms with Crippen LogP contribution in [0.2, 0.25) is 5.02 Å². The largest absolute Gasteiger partial charge is 0.352 e. The van der Waals surface area contributed by atoms with Crippen LogP contribution >= 0.6 is 11.6 Å². The molecular formula is C22H20ClNO3S. The van der Waals surface area contributed by atoms with Crippen molar-refractivity contribution < 1.29 is 13.2 Å². The first-order chi connectivity index (χ1) is 13.4. The van der Waals surface area contributed by atoms with E-state index in [9.17, 15) is 13.2 Å². The smallest absolute Gasteiger partial charge is 0.251 e. The molecule has 0 spiro atoms. The fourth-order valence-corrected chi connectivity index (χ4v) is 4.29. The monoisotopic (exact) mass is 413 g/mol. The lowest BCUT2D eigenvalue weighted by Crippen LogP contribution is -2.25. The van der Waals surface area contributed by atoms with Crippen LogP contribution in [-0.4, -0.2) is 20.9 Å². The average molecular weight is 414 g/mol. The minimum Gasteiger partial charge on any atom is -0.352 e. The number of rotatable bonds is 7. The number of hydrogen-bond donors (Lipinski definition) is 1. The molecule has 0 aliphatic rings. The van der Waals surface area contributed by atoms with Crippen molar-refractivity contribution in [3.63, 3.8) is 0 Å². The number of carbonyl (C=O) groups is 1. The molecule has 6 heteroatoms. The van der Waals surface area contributed by atoms with Crippen LogP contribution in [0.15, 0.2) is 83.8 Å². The van der Waals surface area contributed by atoms with Gasteiger partial charge in [-0.3, -0.25) is 4.79 Å². The highest BCUT2D eigenvalue weighted by molar-refractivity contribution is 7.90. The van der Waals surface area contributed by atoms with E-state index in [0.717, 1.165) is 5.56 Å². The second-order valence-electron chi connectivity index (χ2n) is 6.40. The third-order valence-electron chi connectivity index (χ3n) is 4.26. The van der Waals surface area contributed by atoms with Crippen LogP contribution in [-0.2, 0) is 22.0 Å². The van der Waals surface area contributed by atoms with Gasteiger partial charge in [0.1, 0.15) is 0 Å². The Bertz CT molecular complexity index is 1050. The number of sulfone groups is 1. The third-order valence-corrected chi connectivity index (χ3v) is 6.22. The van der Waals surface area contributed by atoms with Crippen molar-refractivity contribution in [3.8, 4) is 0 Å².